The van der Waals surface area contributed by atoms with Crippen molar-refractivity contribution in [2.24, 2.45) is 0 Å². The molecule has 0 bridgehead atoms. The molecule has 0 aliphatic rings. The van der Waals surface area contributed by atoms with Gasteiger partial charge in [-0.15, -0.1) is 0 Å². The van der Waals surface area contributed by atoms with Crippen LogP contribution in [0.1, 0.15) is 25.8 Å². The number of para-hydroxylation sites is 1. The standard InChI is InChI=1S/C16H25NO2/c1-3-5-11-18-12-13-19-16-9-7-6-8-15(16)14-17-10-4-2/h3,5-9,17H,4,10-14H2,1-2H3. The van der Waals surface area contributed by atoms with Gasteiger partial charge in [0.1, 0.15) is 12.4 Å². The molecule has 1 N–H and O–H groups in total. The zero-order valence-corrected chi connectivity index (χ0v) is 12.0. The lowest BCUT2D eigenvalue weighted by Crippen LogP contribution is -2.15. The van der Waals surface area contributed by atoms with Crippen molar-refractivity contribution < 1.29 is 9.47 Å². The van der Waals surface area contributed by atoms with Crippen LogP contribution in [0.25, 0.3) is 0 Å². The van der Waals surface area contributed by atoms with Gasteiger partial charge in [0.25, 0.3) is 0 Å². The van der Waals surface area contributed by atoms with Gasteiger partial charge in [0.05, 0.1) is 13.2 Å². The molecule has 0 aromatic heterocycles. The largest absolute Gasteiger partial charge is 0.491 e. The summed E-state index contributed by atoms with van der Waals surface area (Å²) >= 11 is 0. The van der Waals surface area contributed by atoms with Gasteiger partial charge >= 0.3 is 0 Å². The van der Waals surface area contributed by atoms with Crippen molar-refractivity contribution in [3.05, 3.63) is 42.0 Å². The molecule has 0 radical (unpaired) electrons. The molecule has 1 aromatic rings. The van der Waals surface area contributed by atoms with Crippen LogP contribution < -0.4 is 10.1 Å². The first-order valence-electron chi connectivity index (χ1n) is 6.98. The van der Waals surface area contributed by atoms with Gasteiger partial charge in [-0.3, -0.25) is 0 Å². The van der Waals surface area contributed by atoms with Crippen LogP contribution >= 0.6 is 0 Å². The van der Waals surface area contributed by atoms with Crippen molar-refractivity contribution in [1.82, 2.24) is 5.32 Å². The molecule has 1 aromatic carbocycles. The fourth-order valence-corrected chi connectivity index (χ4v) is 1.65. The van der Waals surface area contributed by atoms with Gasteiger partial charge in [-0.05, 0) is 26.0 Å². The van der Waals surface area contributed by atoms with Crippen molar-refractivity contribution in [2.75, 3.05) is 26.4 Å². The fourth-order valence-electron chi connectivity index (χ4n) is 1.65. The molecule has 0 spiro atoms. The third-order valence-electron chi connectivity index (χ3n) is 2.65. The van der Waals surface area contributed by atoms with Gasteiger partial charge in [0, 0.05) is 12.1 Å². The van der Waals surface area contributed by atoms with Crippen LogP contribution in [-0.2, 0) is 11.3 Å². The predicted octanol–water partition coefficient (Wildman–Crippen LogP) is 3.16. The predicted molar refractivity (Wildman–Crippen MR) is 79.6 cm³/mol. The van der Waals surface area contributed by atoms with Crippen LogP contribution in [0.15, 0.2) is 36.4 Å². The molecular weight excluding hydrogens is 238 g/mol. The zero-order chi connectivity index (χ0) is 13.8. The van der Waals surface area contributed by atoms with E-state index in [2.05, 4.69) is 18.3 Å². The topological polar surface area (TPSA) is 30.5 Å². The molecule has 106 valence electrons. The summed E-state index contributed by atoms with van der Waals surface area (Å²) in [6.45, 7) is 7.88. The van der Waals surface area contributed by atoms with Crippen LogP contribution in [0, 0.1) is 0 Å². The van der Waals surface area contributed by atoms with E-state index in [1.807, 2.05) is 37.3 Å². The molecule has 19 heavy (non-hydrogen) atoms. The molecule has 3 nitrogen and oxygen atoms in total. The van der Waals surface area contributed by atoms with E-state index in [9.17, 15) is 0 Å². The summed E-state index contributed by atoms with van der Waals surface area (Å²) in [7, 11) is 0. The average molecular weight is 263 g/mol. The third kappa shape index (κ3) is 6.99. The van der Waals surface area contributed by atoms with Gasteiger partial charge in [-0.25, -0.2) is 0 Å². The zero-order valence-electron chi connectivity index (χ0n) is 12.0. The van der Waals surface area contributed by atoms with E-state index >= 15 is 0 Å². The Balaban J connectivity index is 2.31. The summed E-state index contributed by atoms with van der Waals surface area (Å²) in [6, 6.07) is 8.14. The van der Waals surface area contributed by atoms with Gasteiger partial charge in [-0.2, -0.15) is 0 Å². The smallest absolute Gasteiger partial charge is 0.123 e. The van der Waals surface area contributed by atoms with Crippen LogP contribution in [0.2, 0.25) is 0 Å². The maximum absolute atomic E-state index is 5.76. The Hall–Kier alpha value is -1.32. The quantitative estimate of drug-likeness (QED) is 0.519. The summed E-state index contributed by atoms with van der Waals surface area (Å²) in [5.74, 6) is 0.945. The number of allylic oxidation sites excluding steroid dienone is 1. The maximum atomic E-state index is 5.76. The van der Waals surface area contributed by atoms with E-state index in [0.717, 1.165) is 25.3 Å². The number of rotatable bonds is 10. The molecule has 0 amide bonds. The Morgan fingerprint density at radius 2 is 2.05 bits per heavy atom. The van der Waals surface area contributed by atoms with E-state index in [1.54, 1.807) is 0 Å². The van der Waals surface area contributed by atoms with Crippen molar-refractivity contribution in [1.29, 1.82) is 0 Å². The Bertz CT molecular complexity index is 364. The van der Waals surface area contributed by atoms with E-state index in [4.69, 9.17) is 9.47 Å². The highest BCUT2D eigenvalue weighted by Gasteiger charge is 2.01. The van der Waals surface area contributed by atoms with Gasteiger partial charge in [0.15, 0.2) is 0 Å². The van der Waals surface area contributed by atoms with E-state index in [-0.39, 0.29) is 0 Å². The number of ether oxygens (including phenoxy) is 2. The van der Waals surface area contributed by atoms with Crippen molar-refractivity contribution in [2.45, 2.75) is 26.8 Å². The minimum Gasteiger partial charge on any atom is -0.491 e. The number of hydrogen-bond donors (Lipinski definition) is 1. The third-order valence-corrected chi connectivity index (χ3v) is 2.65. The molecule has 0 aliphatic carbocycles. The lowest BCUT2D eigenvalue weighted by atomic mass is 10.2. The second-order valence-corrected chi connectivity index (χ2v) is 4.28. The molecule has 0 heterocycles. The van der Waals surface area contributed by atoms with Crippen LogP contribution in [0.3, 0.4) is 0 Å². The molecule has 0 saturated carbocycles. The second-order valence-electron chi connectivity index (χ2n) is 4.28. The number of hydrogen-bond acceptors (Lipinski definition) is 3. The summed E-state index contributed by atoms with van der Waals surface area (Å²) in [6.07, 6.45) is 5.11. The highest BCUT2D eigenvalue weighted by atomic mass is 16.5. The molecule has 1 rings (SSSR count). The van der Waals surface area contributed by atoms with Gasteiger partial charge < -0.3 is 14.8 Å². The van der Waals surface area contributed by atoms with E-state index in [0.29, 0.717) is 19.8 Å². The van der Waals surface area contributed by atoms with E-state index < -0.39 is 0 Å². The maximum Gasteiger partial charge on any atom is 0.123 e. The first kappa shape index (κ1) is 15.7. The highest BCUT2D eigenvalue weighted by Crippen LogP contribution is 2.17. The lowest BCUT2D eigenvalue weighted by molar-refractivity contribution is 0.120. The van der Waals surface area contributed by atoms with Gasteiger partial charge in [-0.1, -0.05) is 37.3 Å². The van der Waals surface area contributed by atoms with Crippen LogP contribution in [0.4, 0.5) is 0 Å². The van der Waals surface area contributed by atoms with E-state index in [1.165, 1.54) is 5.56 Å². The minimum absolute atomic E-state index is 0.586. The Kier molecular flexibility index (Phi) is 8.77. The fraction of sp³-hybridized carbons (Fsp3) is 0.500. The molecular formula is C16H25NO2. The molecule has 3 heteroatoms. The normalized spacial score (nSPS) is 11.1. The monoisotopic (exact) mass is 263 g/mol. The summed E-state index contributed by atoms with van der Waals surface area (Å²) < 4.78 is 11.2. The van der Waals surface area contributed by atoms with Crippen molar-refractivity contribution in [3.8, 4) is 5.75 Å². The number of nitrogens with one attached hydrogen (secondary N) is 1. The summed E-state index contributed by atoms with van der Waals surface area (Å²) in [4.78, 5) is 0. The molecule has 0 aliphatic heterocycles. The van der Waals surface area contributed by atoms with Crippen molar-refractivity contribution >= 4 is 0 Å². The highest BCUT2D eigenvalue weighted by molar-refractivity contribution is 5.33. The Morgan fingerprint density at radius 1 is 1.21 bits per heavy atom. The summed E-state index contributed by atoms with van der Waals surface area (Å²) in [5, 5.41) is 3.39. The average Bonchev–Trinajstić information content (AvgIpc) is 2.44. The molecule has 0 unspecified atom stereocenters. The van der Waals surface area contributed by atoms with Crippen LogP contribution in [0.5, 0.6) is 5.75 Å². The lowest BCUT2D eigenvalue weighted by Gasteiger charge is -2.12. The summed E-state index contributed by atoms with van der Waals surface area (Å²) in [5.41, 5.74) is 1.20. The first-order chi connectivity index (χ1) is 9.38. The SMILES string of the molecule is CC=CCOCCOc1ccccc1CNCCC. The Labute approximate surface area is 116 Å². The Morgan fingerprint density at radius 3 is 2.84 bits per heavy atom. The molecule has 0 atom stereocenters. The van der Waals surface area contributed by atoms with Crippen LogP contribution in [-0.4, -0.2) is 26.4 Å². The molecule has 0 saturated heterocycles. The minimum atomic E-state index is 0.586. The number of benzene rings is 1. The second kappa shape index (κ2) is 10.6. The van der Waals surface area contributed by atoms with Crippen molar-refractivity contribution in [3.63, 3.8) is 0 Å². The molecule has 0 fully saturated rings. The van der Waals surface area contributed by atoms with Gasteiger partial charge in [0.2, 0.25) is 0 Å². The first-order valence-corrected chi connectivity index (χ1v) is 6.98.